The number of halogens is 1. The van der Waals surface area contributed by atoms with E-state index in [1.54, 1.807) is 0 Å². The van der Waals surface area contributed by atoms with Gasteiger partial charge in [0.05, 0.1) is 19.3 Å². The van der Waals surface area contributed by atoms with Crippen molar-refractivity contribution in [2.45, 2.75) is 109 Å². The minimum Gasteiger partial charge on any atom is -0.306 e. The molecule has 1 aliphatic carbocycles. The maximum Gasteiger partial charge on any atom is 0.385 e. The van der Waals surface area contributed by atoms with Crippen molar-refractivity contribution in [2.75, 3.05) is 13.2 Å². The molecular formula is C25H44FO6PS. The molecule has 0 aromatic rings. The zero-order valence-electron chi connectivity index (χ0n) is 21.1. The monoisotopic (exact) mass is 522 g/mol. The first kappa shape index (κ1) is 31.2. The molecule has 0 radical (unpaired) electrons. The van der Waals surface area contributed by atoms with Crippen LogP contribution in [0.2, 0.25) is 0 Å². The van der Waals surface area contributed by atoms with Crippen molar-refractivity contribution in [3.05, 3.63) is 36.5 Å². The molecule has 1 atom stereocenters. The highest BCUT2D eigenvalue weighted by molar-refractivity contribution is 7.95. The van der Waals surface area contributed by atoms with Crippen LogP contribution < -0.4 is 0 Å². The third-order valence-electron chi connectivity index (χ3n) is 5.63. The maximum absolute atomic E-state index is 16.3. The molecule has 1 aliphatic rings. The Kier molecular flexibility index (Phi) is 15.4. The van der Waals surface area contributed by atoms with Gasteiger partial charge in [0, 0.05) is 6.42 Å². The number of alkyl halides is 1. The molecule has 1 fully saturated rings. The zero-order chi connectivity index (χ0) is 25.3. The van der Waals surface area contributed by atoms with Crippen molar-refractivity contribution in [1.82, 2.24) is 0 Å². The molecule has 9 heteroatoms. The molecule has 0 amide bonds. The van der Waals surface area contributed by atoms with Crippen LogP contribution in [-0.4, -0.2) is 32.5 Å². The molecule has 198 valence electrons. The molecule has 0 heterocycles. The van der Waals surface area contributed by atoms with Crippen LogP contribution in [0.5, 0.6) is 0 Å². The van der Waals surface area contributed by atoms with Crippen molar-refractivity contribution in [3.8, 4) is 0 Å². The average Bonchev–Trinajstić information content (AvgIpc) is 2.80. The molecule has 0 spiro atoms. The molecule has 0 aromatic heterocycles. The van der Waals surface area contributed by atoms with Gasteiger partial charge in [-0.1, -0.05) is 55.7 Å². The second kappa shape index (κ2) is 16.8. The summed E-state index contributed by atoms with van der Waals surface area (Å²) in [6.45, 7) is 4.79. The van der Waals surface area contributed by atoms with E-state index < -0.39 is 35.0 Å². The predicted molar refractivity (Wildman–Crippen MR) is 137 cm³/mol. The van der Waals surface area contributed by atoms with E-state index in [1.165, 1.54) is 13.8 Å². The minimum absolute atomic E-state index is 0.135. The van der Waals surface area contributed by atoms with Crippen molar-refractivity contribution < 1.29 is 30.6 Å². The van der Waals surface area contributed by atoms with E-state index in [0.717, 1.165) is 44.9 Å². The summed E-state index contributed by atoms with van der Waals surface area (Å²) in [4.78, 5) is 0. The van der Waals surface area contributed by atoms with Crippen LogP contribution in [0.3, 0.4) is 0 Å². The summed E-state index contributed by atoms with van der Waals surface area (Å²) >= 11 is 0. The fourth-order valence-corrected chi connectivity index (χ4v) is 8.05. The Morgan fingerprint density at radius 2 is 1.38 bits per heavy atom. The van der Waals surface area contributed by atoms with E-state index >= 15 is 4.39 Å². The lowest BCUT2D eigenvalue weighted by atomic mass is 9.98. The fourth-order valence-electron chi connectivity index (χ4n) is 3.84. The van der Waals surface area contributed by atoms with Crippen LogP contribution in [0, 0.1) is 0 Å². The van der Waals surface area contributed by atoms with Gasteiger partial charge in [0.2, 0.25) is 0 Å². The van der Waals surface area contributed by atoms with E-state index in [4.69, 9.17) is 13.2 Å². The number of allylic oxidation sites excluding steroid dienone is 6. The van der Waals surface area contributed by atoms with Gasteiger partial charge in [-0.3, -0.25) is 8.75 Å². The van der Waals surface area contributed by atoms with E-state index in [1.807, 2.05) is 25.2 Å². The lowest BCUT2D eigenvalue weighted by molar-refractivity contribution is 0.129. The van der Waals surface area contributed by atoms with E-state index in [-0.39, 0.29) is 19.6 Å². The number of rotatable bonds is 18. The Hall–Kier alpha value is -0.790. The van der Waals surface area contributed by atoms with Gasteiger partial charge in [0.15, 0.2) is 0 Å². The Balaban J connectivity index is 2.77. The third-order valence-corrected chi connectivity index (χ3v) is 10.7. The molecule has 0 aromatic carbocycles. The summed E-state index contributed by atoms with van der Waals surface area (Å²) in [6, 6.07) is 0. The first-order valence-electron chi connectivity index (χ1n) is 12.7. The highest BCUT2D eigenvalue weighted by Gasteiger charge is 2.63. The SMILES string of the molecule is CC=CCC/C=C/CC/C=C/CCCC(F)(P(=O)(OCC)OCC)S(=O)(=O)OC1CCCCC1. The molecule has 1 saturated carbocycles. The van der Waals surface area contributed by atoms with Crippen molar-refractivity contribution in [3.63, 3.8) is 0 Å². The van der Waals surface area contributed by atoms with Gasteiger partial charge in [-0.25, -0.2) is 4.39 Å². The van der Waals surface area contributed by atoms with Gasteiger partial charge in [-0.15, -0.1) is 0 Å². The minimum atomic E-state index is -4.86. The summed E-state index contributed by atoms with van der Waals surface area (Å²) in [6.07, 6.45) is 19.4. The standard InChI is InChI=1S/C25H44FO6PS/c1-4-7-8-9-10-11-12-13-14-15-16-20-23-25(26,33(27,30-5-2)31-6-3)34(28,29)32-24-21-18-17-19-22-24/h4,7,10-11,14-15,24H,5-6,8-9,12-13,16-23H2,1-3H3/b7-4?,11-10+,15-14+. The quantitative estimate of drug-likeness (QED) is 0.0786. The molecule has 0 N–H and O–H groups in total. The Morgan fingerprint density at radius 3 is 1.88 bits per heavy atom. The Bertz CT molecular complexity index is 779. The summed E-state index contributed by atoms with van der Waals surface area (Å²) in [5.74, 6) is 0. The summed E-state index contributed by atoms with van der Waals surface area (Å²) in [7, 11) is -9.49. The highest BCUT2D eigenvalue weighted by Crippen LogP contribution is 2.65. The second-order valence-electron chi connectivity index (χ2n) is 8.39. The molecular weight excluding hydrogens is 478 g/mol. The molecule has 0 bridgehead atoms. The van der Waals surface area contributed by atoms with E-state index in [0.29, 0.717) is 19.3 Å². The van der Waals surface area contributed by atoms with Crippen LogP contribution in [0.25, 0.3) is 0 Å². The van der Waals surface area contributed by atoms with Gasteiger partial charge in [0.25, 0.3) is 0 Å². The Labute approximate surface area is 206 Å². The first-order valence-corrected chi connectivity index (χ1v) is 15.6. The van der Waals surface area contributed by atoms with E-state index in [2.05, 4.69) is 18.2 Å². The second-order valence-corrected chi connectivity index (χ2v) is 12.7. The number of hydrogen-bond acceptors (Lipinski definition) is 6. The van der Waals surface area contributed by atoms with Crippen molar-refractivity contribution >= 4 is 17.7 Å². The summed E-state index contributed by atoms with van der Waals surface area (Å²) in [5, 5.41) is 0. The first-order chi connectivity index (χ1) is 16.3. The van der Waals surface area contributed by atoms with Gasteiger partial charge >= 0.3 is 22.5 Å². The van der Waals surface area contributed by atoms with Gasteiger partial charge in [-0.2, -0.15) is 8.42 Å². The Morgan fingerprint density at radius 1 is 0.882 bits per heavy atom. The summed E-state index contributed by atoms with van der Waals surface area (Å²) < 4.78 is 68.1. The van der Waals surface area contributed by atoms with Crippen LogP contribution in [-0.2, 0) is 27.9 Å². The van der Waals surface area contributed by atoms with Crippen LogP contribution >= 0.6 is 7.60 Å². The van der Waals surface area contributed by atoms with E-state index in [9.17, 15) is 13.0 Å². The van der Waals surface area contributed by atoms with Crippen LogP contribution in [0.15, 0.2) is 36.5 Å². The predicted octanol–water partition coefficient (Wildman–Crippen LogP) is 7.97. The van der Waals surface area contributed by atoms with Crippen molar-refractivity contribution in [2.24, 2.45) is 0 Å². The molecule has 1 rings (SSSR count). The lowest BCUT2D eigenvalue weighted by Gasteiger charge is -2.33. The largest absolute Gasteiger partial charge is 0.385 e. The average molecular weight is 523 g/mol. The zero-order valence-corrected chi connectivity index (χ0v) is 22.8. The number of hydrogen-bond donors (Lipinski definition) is 0. The van der Waals surface area contributed by atoms with Crippen molar-refractivity contribution in [1.29, 1.82) is 0 Å². The normalized spacial score (nSPS) is 18.4. The van der Waals surface area contributed by atoms with Crippen LogP contribution in [0.4, 0.5) is 4.39 Å². The summed E-state index contributed by atoms with van der Waals surface area (Å²) in [5.41, 5.74) is 0. The van der Waals surface area contributed by atoms with Gasteiger partial charge < -0.3 is 9.05 Å². The maximum atomic E-state index is 16.3. The molecule has 34 heavy (non-hydrogen) atoms. The smallest absolute Gasteiger partial charge is 0.306 e. The lowest BCUT2D eigenvalue weighted by Crippen LogP contribution is -2.39. The number of unbranched alkanes of at least 4 members (excludes halogenated alkanes) is 3. The third kappa shape index (κ3) is 10.1. The van der Waals surface area contributed by atoms with Gasteiger partial charge in [-0.05, 0) is 72.1 Å². The highest BCUT2D eigenvalue weighted by atomic mass is 32.2. The fraction of sp³-hybridized carbons (Fsp3) is 0.760. The molecule has 0 saturated heterocycles. The topological polar surface area (TPSA) is 78.9 Å². The molecule has 6 nitrogen and oxygen atoms in total. The van der Waals surface area contributed by atoms with Crippen LogP contribution in [0.1, 0.15) is 97.8 Å². The molecule has 0 aliphatic heterocycles. The van der Waals surface area contributed by atoms with Gasteiger partial charge in [0.1, 0.15) is 0 Å². The molecule has 1 unspecified atom stereocenters.